The Morgan fingerprint density at radius 1 is 1.33 bits per heavy atom. The van der Waals surface area contributed by atoms with Crippen LogP contribution in [0.1, 0.15) is 31.2 Å². The minimum atomic E-state index is -0.280. The Bertz CT molecular complexity index is 448. The molecule has 0 amide bonds. The molecular weight excluding hydrogens is 249 g/mol. The van der Waals surface area contributed by atoms with Gasteiger partial charge < -0.3 is 5.73 Å². The molecular formula is C15H19ClFN. The van der Waals surface area contributed by atoms with E-state index in [1.807, 2.05) is 0 Å². The molecule has 4 unspecified atom stereocenters. The number of fused-ring (bicyclic) bond motifs is 2. The van der Waals surface area contributed by atoms with Crippen LogP contribution in [0, 0.1) is 23.6 Å². The molecule has 1 nitrogen and oxygen atoms in total. The minimum Gasteiger partial charge on any atom is -0.327 e. The van der Waals surface area contributed by atoms with Gasteiger partial charge in [-0.15, -0.1) is 0 Å². The maximum Gasteiger partial charge on any atom is 0.124 e. The first-order chi connectivity index (χ1) is 8.63. The second-order valence-corrected chi connectivity index (χ2v) is 6.35. The summed E-state index contributed by atoms with van der Waals surface area (Å²) in [6.07, 6.45) is 6.17. The van der Waals surface area contributed by atoms with Gasteiger partial charge in [0.15, 0.2) is 0 Å². The first-order valence-corrected chi connectivity index (χ1v) is 7.21. The van der Waals surface area contributed by atoms with Crippen LogP contribution in [0.4, 0.5) is 4.39 Å². The van der Waals surface area contributed by atoms with Crippen molar-refractivity contribution in [3.63, 3.8) is 0 Å². The minimum absolute atomic E-state index is 0.170. The fraction of sp³-hybridized carbons (Fsp3) is 0.600. The number of rotatable bonds is 3. The molecule has 0 spiro atoms. The number of nitrogens with two attached hydrogens (primary N) is 1. The lowest BCUT2D eigenvalue weighted by Crippen LogP contribution is -2.35. The van der Waals surface area contributed by atoms with E-state index < -0.39 is 0 Å². The molecule has 2 N–H and O–H groups in total. The number of hydrogen-bond acceptors (Lipinski definition) is 1. The van der Waals surface area contributed by atoms with Gasteiger partial charge in [0, 0.05) is 11.1 Å². The van der Waals surface area contributed by atoms with Gasteiger partial charge in [0.2, 0.25) is 0 Å². The molecule has 0 saturated heterocycles. The highest BCUT2D eigenvalue weighted by Gasteiger charge is 2.41. The Hall–Kier alpha value is -0.600. The largest absolute Gasteiger partial charge is 0.327 e. The van der Waals surface area contributed by atoms with Gasteiger partial charge >= 0.3 is 0 Å². The van der Waals surface area contributed by atoms with Crippen LogP contribution in [-0.2, 0) is 6.42 Å². The molecule has 2 saturated carbocycles. The number of benzene rings is 1. The van der Waals surface area contributed by atoms with Gasteiger partial charge in [0.25, 0.3) is 0 Å². The third-order valence-corrected chi connectivity index (χ3v) is 5.17. The lowest BCUT2D eigenvalue weighted by atomic mass is 9.81. The zero-order valence-electron chi connectivity index (χ0n) is 10.4. The SMILES string of the molecule is NC(Cc1ccc(F)cc1Cl)C1CC2CCC1C2. The second kappa shape index (κ2) is 4.82. The molecule has 1 aromatic carbocycles. The summed E-state index contributed by atoms with van der Waals surface area (Å²) in [6, 6.07) is 4.78. The molecule has 0 aliphatic heterocycles. The Kier molecular flexibility index (Phi) is 3.33. The molecule has 2 fully saturated rings. The molecule has 98 valence electrons. The summed E-state index contributed by atoms with van der Waals surface area (Å²) >= 11 is 6.06. The van der Waals surface area contributed by atoms with E-state index in [2.05, 4.69) is 0 Å². The van der Waals surface area contributed by atoms with Crippen LogP contribution in [0.3, 0.4) is 0 Å². The average molecular weight is 268 g/mol. The molecule has 2 aliphatic rings. The number of halogens is 2. The van der Waals surface area contributed by atoms with Crippen LogP contribution in [0.5, 0.6) is 0 Å². The average Bonchev–Trinajstić information content (AvgIpc) is 2.94. The number of hydrogen-bond donors (Lipinski definition) is 1. The van der Waals surface area contributed by atoms with Crippen LogP contribution in [0.15, 0.2) is 18.2 Å². The summed E-state index contributed by atoms with van der Waals surface area (Å²) in [6.45, 7) is 0. The van der Waals surface area contributed by atoms with Gasteiger partial charge in [-0.25, -0.2) is 4.39 Å². The normalized spacial score (nSPS) is 31.8. The fourth-order valence-electron chi connectivity index (χ4n) is 3.91. The van der Waals surface area contributed by atoms with E-state index in [-0.39, 0.29) is 11.9 Å². The van der Waals surface area contributed by atoms with Crippen molar-refractivity contribution in [2.45, 2.75) is 38.1 Å². The monoisotopic (exact) mass is 267 g/mol. The molecule has 0 aromatic heterocycles. The topological polar surface area (TPSA) is 26.0 Å². The molecule has 2 aliphatic carbocycles. The van der Waals surface area contributed by atoms with E-state index in [0.29, 0.717) is 10.9 Å². The molecule has 0 heterocycles. The van der Waals surface area contributed by atoms with Crippen molar-refractivity contribution >= 4 is 11.6 Å². The molecule has 4 atom stereocenters. The zero-order valence-corrected chi connectivity index (χ0v) is 11.2. The van der Waals surface area contributed by atoms with E-state index in [1.54, 1.807) is 6.07 Å². The molecule has 3 rings (SSSR count). The smallest absolute Gasteiger partial charge is 0.124 e. The highest BCUT2D eigenvalue weighted by atomic mass is 35.5. The Balaban J connectivity index is 1.69. The maximum absolute atomic E-state index is 13.0. The van der Waals surface area contributed by atoms with Crippen molar-refractivity contribution in [2.75, 3.05) is 0 Å². The van der Waals surface area contributed by atoms with Crippen molar-refractivity contribution in [1.82, 2.24) is 0 Å². The summed E-state index contributed by atoms with van der Waals surface area (Å²) in [5.74, 6) is 2.10. The molecule has 2 bridgehead atoms. The third-order valence-electron chi connectivity index (χ3n) is 4.81. The van der Waals surface area contributed by atoms with E-state index in [9.17, 15) is 4.39 Å². The van der Waals surface area contributed by atoms with Crippen LogP contribution < -0.4 is 5.73 Å². The molecule has 3 heteroatoms. The van der Waals surface area contributed by atoms with Crippen LogP contribution in [0.25, 0.3) is 0 Å². The van der Waals surface area contributed by atoms with Crippen molar-refractivity contribution in [3.05, 3.63) is 34.6 Å². The second-order valence-electron chi connectivity index (χ2n) is 5.94. The Morgan fingerprint density at radius 2 is 2.17 bits per heavy atom. The van der Waals surface area contributed by atoms with Crippen LogP contribution in [-0.4, -0.2) is 6.04 Å². The van der Waals surface area contributed by atoms with Gasteiger partial charge in [-0.2, -0.15) is 0 Å². The van der Waals surface area contributed by atoms with E-state index in [4.69, 9.17) is 17.3 Å². The Morgan fingerprint density at radius 3 is 2.78 bits per heavy atom. The van der Waals surface area contributed by atoms with Crippen molar-refractivity contribution in [1.29, 1.82) is 0 Å². The van der Waals surface area contributed by atoms with Crippen molar-refractivity contribution in [2.24, 2.45) is 23.5 Å². The van der Waals surface area contributed by atoms with Gasteiger partial charge in [-0.1, -0.05) is 24.1 Å². The third kappa shape index (κ3) is 2.28. The van der Waals surface area contributed by atoms with Crippen molar-refractivity contribution in [3.8, 4) is 0 Å². The maximum atomic E-state index is 13.0. The summed E-state index contributed by atoms with van der Waals surface area (Å²) < 4.78 is 13.0. The van der Waals surface area contributed by atoms with Gasteiger partial charge in [0.1, 0.15) is 5.82 Å². The zero-order chi connectivity index (χ0) is 12.7. The summed E-state index contributed by atoms with van der Waals surface area (Å²) in [5.41, 5.74) is 7.33. The summed E-state index contributed by atoms with van der Waals surface area (Å²) in [5, 5.41) is 0.508. The first-order valence-electron chi connectivity index (χ1n) is 6.83. The van der Waals surface area contributed by atoms with Crippen LogP contribution >= 0.6 is 11.6 Å². The predicted molar refractivity (Wildman–Crippen MR) is 72.0 cm³/mol. The van der Waals surface area contributed by atoms with Gasteiger partial charge in [0.05, 0.1) is 0 Å². The summed E-state index contributed by atoms with van der Waals surface area (Å²) in [7, 11) is 0. The highest BCUT2D eigenvalue weighted by Crippen LogP contribution is 2.49. The lowest BCUT2D eigenvalue weighted by Gasteiger charge is -2.28. The van der Waals surface area contributed by atoms with E-state index >= 15 is 0 Å². The Labute approximate surface area is 113 Å². The lowest BCUT2D eigenvalue weighted by molar-refractivity contribution is 0.280. The van der Waals surface area contributed by atoms with E-state index in [1.165, 1.54) is 37.8 Å². The highest BCUT2D eigenvalue weighted by molar-refractivity contribution is 6.31. The molecule has 1 aromatic rings. The van der Waals surface area contributed by atoms with Crippen molar-refractivity contribution < 1.29 is 4.39 Å². The van der Waals surface area contributed by atoms with E-state index in [0.717, 1.165) is 23.8 Å². The molecule has 18 heavy (non-hydrogen) atoms. The summed E-state index contributed by atoms with van der Waals surface area (Å²) in [4.78, 5) is 0. The van der Waals surface area contributed by atoms with Gasteiger partial charge in [-0.05, 0) is 61.1 Å². The first kappa shape index (κ1) is 12.4. The fourth-order valence-corrected chi connectivity index (χ4v) is 4.16. The molecule has 0 radical (unpaired) electrons. The predicted octanol–water partition coefficient (Wildman–Crippen LogP) is 3.79. The quantitative estimate of drug-likeness (QED) is 0.886. The van der Waals surface area contributed by atoms with Gasteiger partial charge in [-0.3, -0.25) is 0 Å². The van der Waals surface area contributed by atoms with Crippen LogP contribution in [0.2, 0.25) is 5.02 Å². The standard InChI is InChI=1S/C15H19ClFN/c16-14-8-12(17)4-3-11(14)7-15(18)13-6-9-1-2-10(13)5-9/h3-4,8-10,13,15H,1-2,5-7,18H2.